The molecular formula is C14H14N2O2. The lowest BCUT2D eigenvalue weighted by Gasteiger charge is -2.04. The van der Waals surface area contributed by atoms with Crippen LogP contribution in [0.2, 0.25) is 0 Å². The summed E-state index contributed by atoms with van der Waals surface area (Å²) in [7, 11) is 1.90. The fourth-order valence-electron chi connectivity index (χ4n) is 1.82. The second-order valence-corrected chi connectivity index (χ2v) is 4.03. The highest BCUT2D eigenvalue weighted by Crippen LogP contribution is 2.23. The fraction of sp³-hybridized carbons (Fsp3) is 0.143. The summed E-state index contributed by atoms with van der Waals surface area (Å²) in [5, 5.41) is 13.8. The molecule has 0 saturated heterocycles. The zero-order chi connectivity index (χ0) is 13.0. The molecule has 0 bridgehead atoms. The molecule has 0 heterocycles. The second-order valence-electron chi connectivity index (χ2n) is 4.03. The summed E-state index contributed by atoms with van der Waals surface area (Å²) in [4.78, 5) is 10.3. The number of rotatable bonds is 4. The Labute approximate surface area is 105 Å². The van der Waals surface area contributed by atoms with E-state index in [9.17, 15) is 10.1 Å². The van der Waals surface area contributed by atoms with Crippen molar-refractivity contribution in [2.45, 2.75) is 6.54 Å². The maximum Gasteiger partial charge on any atom is 0.270 e. The van der Waals surface area contributed by atoms with Crippen molar-refractivity contribution in [1.82, 2.24) is 5.32 Å². The minimum Gasteiger partial charge on any atom is -0.316 e. The third kappa shape index (κ3) is 2.73. The van der Waals surface area contributed by atoms with Crippen molar-refractivity contribution in [2.24, 2.45) is 0 Å². The van der Waals surface area contributed by atoms with Crippen LogP contribution in [0.5, 0.6) is 0 Å². The van der Waals surface area contributed by atoms with Crippen LogP contribution in [-0.2, 0) is 6.54 Å². The Hall–Kier alpha value is -2.20. The summed E-state index contributed by atoms with van der Waals surface area (Å²) in [6.45, 7) is 0.815. The van der Waals surface area contributed by atoms with Gasteiger partial charge in [-0.25, -0.2) is 0 Å². The van der Waals surface area contributed by atoms with Crippen LogP contribution in [-0.4, -0.2) is 12.0 Å². The van der Waals surface area contributed by atoms with Gasteiger partial charge in [-0.15, -0.1) is 0 Å². The normalized spacial score (nSPS) is 10.3. The van der Waals surface area contributed by atoms with Crippen LogP contribution < -0.4 is 5.32 Å². The largest absolute Gasteiger partial charge is 0.316 e. The molecular weight excluding hydrogens is 228 g/mol. The van der Waals surface area contributed by atoms with E-state index < -0.39 is 0 Å². The number of hydrogen-bond acceptors (Lipinski definition) is 3. The third-order valence-electron chi connectivity index (χ3n) is 2.73. The number of nitro groups is 1. The standard InChI is InChI=1S/C14H14N2O2/c1-15-10-11-5-7-12(8-6-11)13-3-2-4-14(9-13)16(17)18/h2-9,15H,10H2,1H3. The highest BCUT2D eigenvalue weighted by atomic mass is 16.6. The molecule has 1 N–H and O–H groups in total. The molecule has 0 aliphatic rings. The number of nitrogens with zero attached hydrogens (tertiary/aromatic N) is 1. The van der Waals surface area contributed by atoms with E-state index in [2.05, 4.69) is 5.32 Å². The molecule has 0 unspecified atom stereocenters. The van der Waals surface area contributed by atoms with Gasteiger partial charge < -0.3 is 5.32 Å². The Morgan fingerprint density at radius 2 is 1.83 bits per heavy atom. The minimum atomic E-state index is -0.376. The molecule has 2 aromatic rings. The molecule has 0 radical (unpaired) electrons. The molecule has 0 fully saturated rings. The first kappa shape index (κ1) is 12.3. The van der Waals surface area contributed by atoms with E-state index >= 15 is 0 Å². The molecule has 0 aliphatic carbocycles. The van der Waals surface area contributed by atoms with Crippen LogP contribution >= 0.6 is 0 Å². The van der Waals surface area contributed by atoms with Gasteiger partial charge in [0, 0.05) is 18.7 Å². The summed E-state index contributed by atoms with van der Waals surface area (Å²) in [6.07, 6.45) is 0. The highest BCUT2D eigenvalue weighted by molar-refractivity contribution is 5.66. The molecule has 0 aliphatic heterocycles. The maximum absolute atomic E-state index is 10.7. The van der Waals surface area contributed by atoms with E-state index in [0.29, 0.717) is 0 Å². The maximum atomic E-state index is 10.7. The Morgan fingerprint density at radius 1 is 1.11 bits per heavy atom. The summed E-state index contributed by atoms with van der Waals surface area (Å²) in [6, 6.07) is 14.7. The topological polar surface area (TPSA) is 55.2 Å². The van der Waals surface area contributed by atoms with E-state index in [1.807, 2.05) is 37.4 Å². The van der Waals surface area contributed by atoms with Crippen molar-refractivity contribution < 1.29 is 4.92 Å². The number of nitro benzene ring substituents is 1. The van der Waals surface area contributed by atoms with Crippen molar-refractivity contribution in [3.05, 3.63) is 64.2 Å². The van der Waals surface area contributed by atoms with Gasteiger partial charge in [-0.2, -0.15) is 0 Å². The van der Waals surface area contributed by atoms with Crippen molar-refractivity contribution in [3.8, 4) is 11.1 Å². The molecule has 0 amide bonds. The average Bonchev–Trinajstić information content (AvgIpc) is 2.40. The number of non-ortho nitro benzene ring substituents is 1. The van der Waals surface area contributed by atoms with E-state index in [-0.39, 0.29) is 10.6 Å². The molecule has 2 rings (SSSR count). The van der Waals surface area contributed by atoms with Crippen molar-refractivity contribution in [1.29, 1.82) is 0 Å². The molecule has 2 aromatic carbocycles. The van der Waals surface area contributed by atoms with Crippen LogP contribution in [0.25, 0.3) is 11.1 Å². The first-order valence-electron chi connectivity index (χ1n) is 5.69. The molecule has 18 heavy (non-hydrogen) atoms. The van der Waals surface area contributed by atoms with Crippen LogP contribution in [0, 0.1) is 10.1 Å². The Balaban J connectivity index is 2.30. The van der Waals surface area contributed by atoms with Gasteiger partial charge in [0.15, 0.2) is 0 Å². The first-order chi connectivity index (χ1) is 8.70. The third-order valence-corrected chi connectivity index (χ3v) is 2.73. The fourth-order valence-corrected chi connectivity index (χ4v) is 1.82. The molecule has 4 heteroatoms. The molecule has 0 saturated carbocycles. The highest BCUT2D eigenvalue weighted by Gasteiger charge is 2.06. The van der Waals surface area contributed by atoms with Crippen LogP contribution in [0.3, 0.4) is 0 Å². The van der Waals surface area contributed by atoms with E-state index in [4.69, 9.17) is 0 Å². The van der Waals surface area contributed by atoms with Crippen LogP contribution in [0.4, 0.5) is 5.69 Å². The Kier molecular flexibility index (Phi) is 3.69. The molecule has 92 valence electrons. The quantitative estimate of drug-likeness (QED) is 0.662. The number of benzene rings is 2. The number of nitrogens with one attached hydrogen (secondary N) is 1. The average molecular weight is 242 g/mol. The van der Waals surface area contributed by atoms with Gasteiger partial charge in [-0.3, -0.25) is 10.1 Å². The van der Waals surface area contributed by atoms with E-state index in [1.165, 1.54) is 11.6 Å². The van der Waals surface area contributed by atoms with Gasteiger partial charge in [0.25, 0.3) is 5.69 Å². The van der Waals surface area contributed by atoms with Gasteiger partial charge in [-0.1, -0.05) is 36.4 Å². The Bertz CT molecular complexity index is 550. The predicted octanol–water partition coefficient (Wildman–Crippen LogP) is 2.98. The van der Waals surface area contributed by atoms with Crippen LogP contribution in [0.1, 0.15) is 5.56 Å². The van der Waals surface area contributed by atoms with Gasteiger partial charge in [0.1, 0.15) is 0 Å². The van der Waals surface area contributed by atoms with E-state index in [0.717, 1.165) is 17.7 Å². The Morgan fingerprint density at radius 3 is 2.44 bits per heavy atom. The smallest absolute Gasteiger partial charge is 0.270 e. The van der Waals surface area contributed by atoms with Crippen molar-refractivity contribution in [3.63, 3.8) is 0 Å². The lowest BCUT2D eigenvalue weighted by molar-refractivity contribution is -0.384. The zero-order valence-corrected chi connectivity index (χ0v) is 10.1. The van der Waals surface area contributed by atoms with Gasteiger partial charge in [0.2, 0.25) is 0 Å². The first-order valence-corrected chi connectivity index (χ1v) is 5.69. The molecule has 4 nitrogen and oxygen atoms in total. The lowest BCUT2D eigenvalue weighted by Crippen LogP contribution is -2.04. The SMILES string of the molecule is CNCc1ccc(-c2cccc([N+](=O)[O-])c2)cc1. The molecule has 0 aromatic heterocycles. The summed E-state index contributed by atoms with van der Waals surface area (Å²) in [5.74, 6) is 0. The van der Waals surface area contributed by atoms with Gasteiger partial charge >= 0.3 is 0 Å². The van der Waals surface area contributed by atoms with Gasteiger partial charge in [0.05, 0.1) is 4.92 Å². The van der Waals surface area contributed by atoms with Gasteiger partial charge in [-0.05, 0) is 23.7 Å². The molecule has 0 spiro atoms. The van der Waals surface area contributed by atoms with Crippen LogP contribution in [0.15, 0.2) is 48.5 Å². The summed E-state index contributed by atoms with van der Waals surface area (Å²) >= 11 is 0. The second kappa shape index (κ2) is 5.42. The monoisotopic (exact) mass is 242 g/mol. The summed E-state index contributed by atoms with van der Waals surface area (Å²) < 4.78 is 0. The predicted molar refractivity (Wildman–Crippen MR) is 71.3 cm³/mol. The lowest BCUT2D eigenvalue weighted by atomic mass is 10.0. The molecule has 0 atom stereocenters. The zero-order valence-electron chi connectivity index (χ0n) is 10.1. The summed E-state index contributed by atoms with van der Waals surface area (Å²) in [5.41, 5.74) is 3.15. The van der Waals surface area contributed by atoms with Crippen molar-refractivity contribution >= 4 is 5.69 Å². The van der Waals surface area contributed by atoms with E-state index in [1.54, 1.807) is 12.1 Å². The number of hydrogen-bond donors (Lipinski definition) is 1. The van der Waals surface area contributed by atoms with Crippen molar-refractivity contribution in [2.75, 3.05) is 7.05 Å². The minimum absolute atomic E-state index is 0.117.